The van der Waals surface area contributed by atoms with Crippen LogP contribution in [0.25, 0.3) is 0 Å². The van der Waals surface area contributed by atoms with Crippen LogP contribution in [0.5, 0.6) is 0 Å². The highest BCUT2D eigenvalue weighted by Crippen LogP contribution is 2.27. The van der Waals surface area contributed by atoms with Gasteiger partial charge in [-0.3, -0.25) is 14.3 Å². The Bertz CT molecular complexity index is 561. The molecule has 6 nitrogen and oxygen atoms in total. The molecule has 1 aliphatic rings. The molecule has 1 atom stereocenters. The van der Waals surface area contributed by atoms with E-state index in [-0.39, 0.29) is 24.3 Å². The summed E-state index contributed by atoms with van der Waals surface area (Å²) >= 11 is 0. The van der Waals surface area contributed by atoms with Gasteiger partial charge in [0.25, 0.3) is 0 Å². The molecule has 0 spiro atoms. The van der Waals surface area contributed by atoms with Crippen molar-refractivity contribution in [3.8, 4) is 0 Å². The molecule has 0 radical (unpaired) electrons. The zero-order chi connectivity index (χ0) is 15.7. The van der Waals surface area contributed by atoms with Crippen LogP contribution < -0.4 is 0 Å². The molecule has 0 aromatic carbocycles. The quantitative estimate of drug-likeness (QED) is 0.770. The van der Waals surface area contributed by atoms with Crippen molar-refractivity contribution in [3.63, 3.8) is 0 Å². The fraction of sp³-hybridized carbons (Fsp3) is 0.667. The van der Waals surface area contributed by atoms with Crippen molar-refractivity contribution in [2.75, 3.05) is 14.2 Å². The van der Waals surface area contributed by atoms with Crippen LogP contribution in [0.2, 0.25) is 0 Å². The van der Waals surface area contributed by atoms with E-state index in [2.05, 4.69) is 5.10 Å². The zero-order valence-electron chi connectivity index (χ0n) is 13.3. The van der Waals surface area contributed by atoms with Gasteiger partial charge in [-0.05, 0) is 33.6 Å². The van der Waals surface area contributed by atoms with E-state index in [0.717, 1.165) is 29.8 Å². The molecule has 1 aliphatic carbocycles. The summed E-state index contributed by atoms with van der Waals surface area (Å²) in [5.41, 5.74) is 2.47. The fourth-order valence-corrected chi connectivity index (χ4v) is 2.69. The van der Waals surface area contributed by atoms with Crippen LogP contribution in [-0.2, 0) is 20.9 Å². The van der Waals surface area contributed by atoms with Crippen molar-refractivity contribution in [2.45, 2.75) is 52.1 Å². The first kappa shape index (κ1) is 15.5. The third-order valence-electron chi connectivity index (χ3n) is 4.20. The summed E-state index contributed by atoms with van der Waals surface area (Å²) in [7, 11) is 3.21. The van der Waals surface area contributed by atoms with Crippen LogP contribution in [0.3, 0.4) is 0 Å². The Morgan fingerprint density at radius 1 is 1.43 bits per heavy atom. The third-order valence-corrected chi connectivity index (χ3v) is 4.20. The Morgan fingerprint density at radius 3 is 2.57 bits per heavy atom. The summed E-state index contributed by atoms with van der Waals surface area (Å²) < 4.78 is 6.48. The Hall–Kier alpha value is -1.85. The van der Waals surface area contributed by atoms with Gasteiger partial charge in [0.2, 0.25) is 5.91 Å². The maximum Gasteiger partial charge on any atom is 0.312 e. The summed E-state index contributed by atoms with van der Waals surface area (Å²) in [6.07, 6.45) is 2.17. The standard InChI is InChI=1S/C15H23N3O3/c1-9(15(20)21-5)14-10(2)16-18(11(14)3)8-13(19)17(4)12-6-7-12/h9,12H,6-8H2,1-5H3/t9-/m1/s1. The Labute approximate surface area is 125 Å². The van der Waals surface area contributed by atoms with Crippen molar-refractivity contribution in [1.82, 2.24) is 14.7 Å². The van der Waals surface area contributed by atoms with Gasteiger partial charge in [-0.25, -0.2) is 0 Å². The SMILES string of the molecule is COC(=O)[C@H](C)c1c(C)nn(CC(=O)N(C)C2CC2)c1C. The van der Waals surface area contributed by atoms with Gasteiger partial charge < -0.3 is 9.64 Å². The summed E-state index contributed by atoms with van der Waals surface area (Å²) in [4.78, 5) is 25.7. The minimum absolute atomic E-state index is 0.0559. The second-order valence-corrected chi connectivity index (χ2v) is 5.72. The van der Waals surface area contributed by atoms with Gasteiger partial charge in [0.15, 0.2) is 0 Å². The van der Waals surface area contributed by atoms with Crippen molar-refractivity contribution in [1.29, 1.82) is 0 Å². The van der Waals surface area contributed by atoms with E-state index >= 15 is 0 Å². The van der Waals surface area contributed by atoms with Gasteiger partial charge in [0, 0.05) is 24.3 Å². The zero-order valence-corrected chi connectivity index (χ0v) is 13.3. The monoisotopic (exact) mass is 293 g/mol. The fourth-order valence-electron chi connectivity index (χ4n) is 2.69. The normalized spacial score (nSPS) is 15.7. The molecule has 0 unspecified atom stereocenters. The number of methoxy groups -OCH3 is 1. The third kappa shape index (κ3) is 3.09. The molecule has 1 fully saturated rings. The number of aryl methyl sites for hydroxylation is 1. The van der Waals surface area contributed by atoms with Gasteiger partial charge in [-0.1, -0.05) is 0 Å². The van der Waals surface area contributed by atoms with Gasteiger partial charge in [-0.15, -0.1) is 0 Å². The topological polar surface area (TPSA) is 64.4 Å². The predicted molar refractivity (Wildman–Crippen MR) is 77.9 cm³/mol. The smallest absolute Gasteiger partial charge is 0.312 e. The Balaban J connectivity index is 2.18. The molecule has 0 aliphatic heterocycles. The number of hydrogen-bond acceptors (Lipinski definition) is 4. The summed E-state index contributed by atoms with van der Waals surface area (Å²) in [6, 6.07) is 0.392. The lowest BCUT2D eigenvalue weighted by Gasteiger charge is -2.17. The molecular formula is C15H23N3O3. The summed E-state index contributed by atoms with van der Waals surface area (Å²) in [5.74, 6) is -0.609. The van der Waals surface area contributed by atoms with Gasteiger partial charge in [0.1, 0.15) is 6.54 Å². The predicted octanol–water partition coefficient (Wildman–Crippen LogP) is 1.40. The van der Waals surface area contributed by atoms with E-state index in [4.69, 9.17) is 4.74 Å². The molecule has 1 aromatic rings. The van der Waals surface area contributed by atoms with Crippen LogP contribution in [0.1, 0.15) is 42.6 Å². The number of carbonyl (C=O) groups is 2. The molecular weight excluding hydrogens is 270 g/mol. The van der Waals surface area contributed by atoms with E-state index in [1.165, 1.54) is 7.11 Å². The lowest BCUT2D eigenvalue weighted by atomic mass is 9.99. The highest BCUT2D eigenvalue weighted by Gasteiger charge is 2.30. The molecule has 1 amide bonds. The van der Waals surface area contributed by atoms with Gasteiger partial charge in [0.05, 0.1) is 18.7 Å². The van der Waals surface area contributed by atoms with Crippen molar-refractivity contribution in [3.05, 3.63) is 17.0 Å². The number of nitrogens with zero attached hydrogens (tertiary/aromatic N) is 3. The molecule has 0 saturated heterocycles. The van der Waals surface area contributed by atoms with Crippen molar-refractivity contribution in [2.24, 2.45) is 0 Å². The molecule has 2 rings (SSSR count). The molecule has 1 saturated carbocycles. The van der Waals surface area contributed by atoms with Crippen LogP contribution >= 0.6 is 0 Å². The molecule has 116 valence electrons. The largest absolute Gasteiger partial charge is 0.469 e. The first-order valence-electron chi connectivity index (χ1n) is 7.24. The van der Waals surface area contributed by atoms with Crippen molar-refractivity contribution < 1.29 is 14.3 Å². The minimum Gasteiger partial charge on any atom is -0.469 e. The second kappa shape index (κ2) is 5.87. The number of carbonyl (C=O) groups excluding carboxylic acids is 2. The first-order valence-corrected chi connectivity index (χ1v) is 7.24. The van der Waals surface area contributed by atoms with E-state index in [1.807, 2.05) is 20.9 Å². The van der Waals surface area contributed by atoms with Crippen molar-refractivity contribution >= 4 is 11.9 Å². The number of ether oxygens (including phenoxy) is 1. The average Bonchev–Trinajstić information content (AvgIpc) is 3.25. The van der Waals surface area contributed by atoms with Gasteiger partial charge in [-0.2, -0.15) is 5.10 Å². The highest BCUT2D eigenvalue weighted by molar-refractivity contribution is 5.79. The number of hydrogen-bond donors (Lipinski definition) is 0. The summed E-state index contributed by atoms with van der Waals surface area (Å²) in [6.45, 7) is 5.76. The van der Waals surface area contributed by atoms with Crippen LogP contribution in [0, 0.1) is 13.8 Å². The molecule has 1 aromatic heterocycles. The minimum atomic E-state index is -0.375. The Morgan fingerprint density at radius 2 is 2.05 bits per heavy atom. The molecule has 0 N–H and O–H groups in total. The molecule has 6 heteroatoms. The first-order chi connectivity index (χ1) is 9.86. The number of aromatic nitrogens is 2. The summed E-state index contributed by atoms with van der Waals surface area (Å²) in [5, 5.41) is 4.41. The van der Waals surface area contributed by atoms with Crippen LogP contribution in [0.4, 0.5) is 0 Å². The van der Waals surface area contributed by atoms with E-state index < -0.39 is 0 Å². The molecule has 0 bridgehead atoms. The molecule has 21 heavy (non-hydrogen) atoms. The van der Waals surface area contributed by atoms with Crippen LogP contribution in [0.15, 0.2) is 0 Å². The maximum absolute atomic E-state index is 12.2. The van der Waals surface area contributed by atoms with Gasteiger partial charge >= 0.3 is 5.97 Å². The number of amides is 1. The number of rotatable bonds is 5. The van der Waals surface area contributed by atoms with E-state index in [9.17, 15) is 9.59 Å². The maximum atomic E-state index is 12.2. The number of esters is 1. The van der Waals surface area contributed by atoms with E-state index in [0.29, 0.717) is 6.04 Å². The lowest BCUT2D eigenvalue weighted by Crippen LogP contribution is -2.32. The average molecular weight is 293 g/mol. The lowest BCUT2D eigenvalue weighted by molar-refractivity contribution is -0.142. The van der Waals surface area contributed by atoms with Crippen LogP contribution in [-0.4, -0.2) is 46.8 Å². The second-order valence-electron chi connectivity index (χ2n) is 5.72. The van der Waals surface area contributed by atoms with E-state index in [1.54, 1.807) is 16.5 Å². The highest BCUT2D eigenvalue weighted by atomic mass is 16.5. The molecule has 1 heterocycles. The Kier molecular flexibility index (Phi) is 4.34. The number of likely N-dealkylation sites (N-methyl/N-ethyl adjacent to an activating group) is 1.